The minimum atomic E-state index is -2.41. The van der Waals surface area contributed by atoms with E-state index in [1.807, 2.05) is 0 Å². The fourth-order valence-corrected chi connectivity index (χ4v) is 1.42. The first-order valence-electron chi connectivity index (χ1n) is 4.69. The first-order chi connectivity index (χ1) is 7.15. The zero-order chi connectivity index (χ0) is 11.3. The van der Waals surface area contributed by atoms with Crippen molar-refractivity contribution in [2.45, 2.75) is 13.3 Å². The number of aryl methyl sites for hydroxylation is 1. The summed E-state index contributed by atoms with van der Waals surface area (Å²) in [4.78, 5) is 5.35. The van der Waals surface area contributed by atoms with Crippen LogP contribution in [-0.4, -0.2) is 36.2 Å². The number of hydrogen-bond acceptors (Lipinski definition) is 3. The van der Waals surface area contributed by atoms with Gasteiger partial charge in [-0.3, -0.25) is 4.98 Å². The number of aliphatic hydroxyl groups excluding tert-OH is 1. The van der Waals surface area contributed by atoms with Gasteiger partial charge in [0.05, 0.1) is 13.2 Å². The third-order valence-electron chi connectivity index (χ3n) is 2.06. The molecule has 0 aliphatic heterocycles. The summed E-state index contributed by atoms with van der Waals surface area (Å²) in [5.74, 6) is 0. The third-order valence-corrected chi connectivity index (χ3v) is 2.06. The Kier molecular flexibility index (Phi) is 4.42. The molecule has 0 fully saturated rings. The molecule has 1 aromatic rings. The molecule has 1 aromatic heterocycles. The van der Waals surface area contributed by atoms with Gasteiger partial charge in [0, 0.05) is 24.6 Å². The van der Waals surface area contributed by atoms with Gasteiger partial charge in [-0.2, -0.15) is 0 Å². The van der Waals surface area contributed by atoms with Crippen LogP contribution in [0.25, 0.3) is 0 Å². The molecule has 0 bridgehead atoms. The Labute approximate surface area is 87.4 Å². The monoisotopic (exact) mass is 216 g/mol. The summed E-state index contributed by atoms with van der Waals surface area (Å²) in [5, 5.41) is 8.80. The number of rotatable bonds is 5. The standard InChI is InChI=1S/C10H14F2N2O/c1-8-6-13-3-2-9(8)14(4-5-15)7-10(11)12/h2-3,6,10,15H,4-5,7H2,1H3. The van der Waals surface area contributed by atoms with Gasteiger partial charge in [-0.25, -0.2) is 8.78 Å². The second-order valence-corrected chi connectivity index (χ2v) is 3.22. The first kappa shape index (κ1) is 11.8. The number of nitrogens with zero attached hydrogens (tertiary/aromatic N) is 2. The minimum Gasteiger partial charge on any atom is -0.395 e. The fourth-order valence-electron chi connectivity index (χ4n) is 1.42. The Bertz CT molecular complexity index is 307. The SMILES string of the molecule is Cc1cnccc1N(CCO)CC(F)F. The van der Waals surface area contributed by atoms with Gasteiger partial charge < -0.3 is 10.0 Å². The smallest absolute Gasteiger partial charge is 0.255 e. The van der Waals surface area contributed by atoms with Crippen LogP contribution in [0.3, 0.4) is 0 Å². The van der Waals surface area contributed by atoms with Crippen molar-refractivity contribution in [2.24, 2.45) is 0 Å². The quantitative estimate of drug-likeness (QED) is 0.809. The van der Waals surface area contributed by atoms with Crippen LogP contribution < -0.4 is 4.90 Å². The van der Waals surface area contributed by atoms with Gasteiger partial charge in [0.25, 0.3) is 6.43 Å². The number of pyridine rings is 1. The number of halogens is 2. The van der Waals surface area contributed by atoms with Gasteiger partial charge in [-0.15, -0.1) is 0 Å². The van der Waals surface area contributed by atoms with E-state index in [0.29, 0.717) is 5.69 Å². The highest BCUT2D eigenvalue weighted by Crippen LogP contribution is 2.18. The topological polar surface area (TPSA) is 36.4 Å². The molecule has 0 radical (unpaired) electrons. The summed E-state index contributed by atoms with van der Waals surface area (Å²) in [6.45, 7) is 1.49. The van der Waals surface area contributed by atoms with Gasteiger partial charge in [-0.05, 0) is 18.6 Å². The van der Waals surface area contributed by atoms with Gasteiger partial charge >= 0.3 is 0 Å². The maximum absolute atomic E-state index is 12.3. The highest BCUT2D eigenvalue weighted by atomic mass is 19.3. The van der Waals surface area contributed by atoms with E-state index < -0.39 is 6.43 Å². The van der Waals surface area contributed by atoms with E-state index in [1.165, 1.54) is 4.90 Å². The van der Waals surface area contributed by atoms with E-state index in [2.05, 4.69) is 4.98 Å². The maximum Gasteiger partial charge on any atom is 0.255 e. The number of aliphatic hydroxyl groups is 1. The van der Waals surface area contributed by atoms with Crippen LogP contribution in [0.4, 0.5) is 14.5 Å². The van der Waals surface area contributed by atoms with Crippen LogP contribution in [0.15, 0.2) is 18.5 Å². The van der Waals surface area contributed by atoms with E-state index in [1.54, 1.807) is 25.4 Å². The van der Waals surface area contributed by atoms with E-state index in [9.17, 15) is 8.78 Å². The van der Waals surface area contributed by atoms with Crippen LogP contribution in [0.5, 0.6) is 0 Å². The number of anilines is 1. The molecule has 0 aliphatic carbocycles. The van der Waals surface area contributed by atoms with Crippen molar-refractivity contribution in [2.75, 3.05) is 24.6 Å². The molecule has 3 nitrogen and oxygen atoms in total. The first-order valence-corrected chi connectivity index (χ1v) is 4.69. The van der Waals surface area contributed by atoms with Crippen LogP contribution in [0, 0.1) is 6.92 Å². The van der Waals surface area contributed by atoms with Crippen molar-refractivity contribution in [3.05, 3.63) is 24.0 Å². The van der Waals surface area contributed by atoms with Crippen molar-refractivity contribution >= 4 is 5.69 Å². The molecule has 0 aliphatic rings. The molecule has 1 heterocycles. The Morgan fingerprint density at radius 3 is 2.80 bits per heavy atom. The molecular weight excluding hydrogens is 202 g/mol. The lowest BCUT2D eigenvalue weighted by molar-refractivity contribution is 0.153. The minimum absolute atomic E-state index is 0.144. The molecule has 15 heavy (non-hydrogen) atoms. The van der Waals surface area contributed by atoms with Crippen LogP contribution in [0.2, 0.25) is 0 Å². The lowest BCUT2D eigenvalue weighted by Crippen LogP contribution is -2.32. The number of alkyl halides is 2. The molecule has 0 aromatic carbocycles. The molecule has 0 atom stereocenters. The van der Waals surface area contributed by atoms with Crippen molar-refractivity contribution in [1.29, 1.82) is 0 Å². The van der Waals surface area contributed by atoms with Crippen molar-refractivity contribution in [1.82, 2.24) is 4.98 Å². The molecule has 5 heteroatoms. The van der Waals surface area contributed by atoms with Gasteiger partial charge in [0.1, 0.15) is 0 Å². The van der Waals surface area contributed by atoms with E-state index in [-0.39, 0.29) is 19.7 Å². The molecule has 0 saturated carbocycles. The molecule has 1 rings (SSSR count). The summed E-state index contributed by atoms with van der Waals surface area (Å²) < 4.78 is 24.6. The maximum atomic E-state index is 12.3. The zero-order valence-corrected chi connectivity index (χ0v) is 8.53. The lowest BCUT2D eigenvalue weighted by atomic mass is 10.2. The molecule has 1 N–H and O–H groups in total. The van der Waals surface area contributed by atoms with Crippen molar-refractivity contribution < 1.29 is 13.9 Å². The number of aromatic nitrogens is 1. The Morgan fingerprint density at radius 1 is 1.53 bits per heavy atom. The Balaban J connectivity index is 2.83. The summed E-state index contributed by atoms with van der Waals surface area (Å²) in [5.41, 5.74) is 1.52. The van der Waals surface area contributed by atoms with Crippen LogP contribution in [-0.2, 0) is 0 Å². The normalized spacial score (nSPS) is 10.7. The predicted molar refractivity (Wildman–Crippen MR) is 54.3 cm³/mol. The third kappa shape index (κ3) is 3.43. The fraction of sp³-hybridized carbons (Fsp3) is 0.500. The summed E-state index contributed by atoms with van der Waals surface area (Å²) in [6.07, 6.45) is 0.757. The molecule has 84 valence electrons. The average molecular weight is 216 g/mol. The predicted octanol–water partition coefficient (Wildman–Crippen LogP) is 1.45. The lowest BCUT2D eigenvalue weighted by Gasteiger charge is -2.24. The van der Waals surface area contributed by atoms with Crippen LogP contribution in [0.1, 0.15) is 5.56 Å². The van der Waals surface area contributed by atoms with Gasteiger partial charge in [0.2, 0.25) is 0 Å². The largest absolute Gasteiger partial charge is 0.395 e. The van der Waals surface area contributed by atoms with E-state index in [4.69, 9.17) is 5.11 Å². The molecule has 0 amide bonds. The van der Waals surface area contributed by atoms with Crippen molar-refractivity contribution in [3.63, 3.8) is 0 Å². The van der Waals surface area contributed by atoms with E-state index >= 15 is 0 Å². The Hall–Kier alpha value is -1.23. The average Bonchev–Trinajstić information content (AvgIpc) is 2.17. The molecular formula is C10H14F2N2O. The van der Waals surface area contributed by atoms with Crippen LogP contribution >= 0.6 is 0 Å². The summed E-state index contributed by atoms with van der Waals surface area (Å²) in [7, 11) is 0. The highest BCUT2D eigenvalue weighted by Gasteiger charge is 2.13. The molecule has 0 unspecified atom stereocenters. The summed E-state index contributed by atoms with van der Waals surface area (Å²) in [6, 6.07) is 1.67. The zero-order valence-electron chi connectivity index (χ0n) is 8.53. The Morgan fingerprint density at radius 2 is 2.27 bits per heavy atom. The molecule has 0 saturated heterocycles. The molecule has 0 spiro atoms. The second-order valence-electron chi connectivity index (χ2n) is 3.22. The van der Waals surface area contributed by atoms with Crippen molar-refractivity contribution in [3.8, 4) is 0 Å². The summed E-state index contributed by atoms with van der Waals surface area (Å²) >= 11 is 0. The van der Waals surface area contributed by atoms with Gasteiger partial charge in [0.15, 0.2) is 0 Å². The second kappa shape index (κ2) is 5.60. The number of hydrogen-bond donors (Lipinski definition) is 1. The van der Waals surface area contributed by atoms with E-state index in [0.717, 1.165) is 5.56 Å². The highest BCUT2D eigenvalue weighted by molar-refractivity contribution is 5.51. The van der Waals surface area contributed by atoms with Gasteiger partial charge in [-0.1, -0.05) is 0 Å².